The van der Waals surface area contributed by atoms with Crippen LogP contribution >= 0.6 is 22.9 Å². The molecular formula is C15H12ClFN2S. The van der Waals surface area contributed by atoms with Crippen LogP contribution in [0.1, 0.15) is 16.6 Å². The summed E-state index contributed by atoms with van der Waals surface area (Å²) < 4.78 is 14.2. The molecule has 1 aromatic heterocycles. The number of benzene rings is 2. The Morgan fingerprint density at radius 2 is 2.05 bits per heavy atom. The van der Waals surface area contributed by atoms with E-state index >= 15 is 0 Å². The fraction of sp³-hybridized carbons (Fsp3) is 0.133. The van der Waals surface area contributed by atoms with Crippen molar-refractivity contribution >= 4 is 33.2 Å². The van der Waals surface area contributed by atoms with Crippen molar-refractivity contribution in [2.45, 2.75) is 12.5 Å². The molecule has 0 saturated carbocycles. The van der Waals surface area contributed by atoms with Crippen molar-refractivity contribution in [1.82, 2.24) is 4.98 Å². The molecule has 0 spiro atoms. The van der Waals surface area contributed by atoms with E-state index in [9.17, 15) is 4.39 Å². The van der Waals surface area contributed by atoms with Crippen molar-refractivity contribution in [2.24, 2.45) is 5.73 Å². The average molecular weight is 307 g/mol. The van der Waals surface area contributed by atoms with Gasteiger partial charge in [-0.3, -0.25) is 0 Å². The van der Waals surface area contributed by atoms with Crippen LogP contribution in [-0.2, 0) is 6.42 Å². The second-order valence-corrected chi connectivity index (χ2v) is 6.05. The largest absolute Gasteiger partial charge is 0.322 e. The van der Waals surface area contributed by atoms with Crippen LogP contribution in [0.15, 0.2) is 42.5 Å². The third kappa shape index (κ3) is 2.68. The monoisotopic (exact) mass is 306 g/mol. The summed E-state index contributed by atoms with van der Waals surface area (Å²) in [6.07, 6.45) is 0.583. The van der Waals surface area contributed by atoms with Gasteiger partial charge in [0.15, 0.2) is 0 Å². The molecule has 20 heavy (non-hydrogen) atoms. The molecule has 2 aromatic carbocycles. The topological polar surface area (TPSA) is 38.9 Å². The number of hydrogen-bond donors (Lipinski definition) is 1. The Morgan fingerprint density at radius 3 is 2.80 bits per heavy atom. The van der Waals surface area contributed by atoms with Gasteiger partial charge in [-0.25, -0.2) is 9.37 Å². The molecule has 5 heteroatoms. The lowest BCUT2D eigenvalue weighted by Crippen LogP contribution is -2.13. The zero-order valence-electron chi connectivity index (χ0n) is 10.5. The van der Waals surface area contributed by atoms with E-state index in [1.54, 1.807) is 23.5 Å². The highest BCUT2D eigenvalue weighted by Crippen LogP contribution is 2.27. The Bertz CT molecular complexity index is 723. The summed E-state index contributed by atoms with van der Waals surface area (Å²) in [6.45, 7) is 0. The van der Waals surface area contributed by atoms with Gasteiger partial charge in [0.2, 0.25) is 0 Å². The predicted octanol–water partition coefficient (Wildman–Crippen LogP) is 4.33. The Balaban J connectivity index is 1.84. The highest BCUT2D eigenvalue weighted by molar-refractivity contribution is 7.18. The number of halogens is 2. The minimum Gasteiger partial charge on any atom is -0.322 e. The first-order valence-electron chi connectivity index (χ1n) is 6.18. The summed E-state index contributed by atoms with van der Waals surface area (Å²) in [5, 5.41) is 1.01. The number of rotatable bonds is 3. The molecule has 3 rings (SSSR count). The fourth-order valence-corrected chi connectivity index (χ4v) is 3.23. The molecule has 102 valence electrons. The molecule has 3 aromatic rings. The van der Waals surface area contributed by atoms with Gasteiger partial charge in [-0.15, -0.1) is 11.3 Å². The zero-order valence-corrected chi connectivity index (χ0v) is 12.1. The lowest BCUT2D eigenvalue weighted by Gasteiger charge is -2.08. The van der Waals surface area contributed by atoms with E-state index in [1.165, 1.54) is 6.07 Å². The van der Waals surface area contributed by atoms with Crippen molar-refractivity contribution in [3.63, 3.8) is 0 Å². The summed E-state index contributed by atoms with van der Waals surface area (Å²) in [7, 11) is 0. The zero-order chi connectivity index (χ0) is 14.1. The number of aromatic nitrogens is 1. The van der Waals surface area contributed by atoms with Gasteiger partial charge in [-0.1, -0.05) is 29.8 Å². The summed E-state index contributed by atoms with van der Waals surface area (Å²) in [6, 6.07) is 12.4. The molecule has 1 unspecified atom stereocenters. The molecule has 0 fully saturated rings. The van der Waals surface area contributed by atoms with Crippen LogP contribution in [0.4, 0.5) is 4.39 Å². The molecule has 0 aliphatic rings. The van der Waals surface area contributed by atoms with Crippen LogP contribution in [0.3, 0.4) is 0 Å². The van der Waals surface area contributed by atoms with Crippen LogP contribution in [0.5, 0.6) is 0 Å². The Morgan fingerprint density at radius 1 is 1.25 bits per heavy atom. The van der Waals surface area contributed by atoms with Crippen LogP contribution in [0.25, 0.3) is 10.2 Å². The van der Waals surface area contributed by atoms with Gasteiger partial charge < -0.3 is 5.73 Å². The second kappa shape index (κ2) is 5.48. The number of nitrogens with zero attached hydrogens (tertiary/aromatic N) is 1. The summed E-state index contributed by atoms with van der Waals surface area (Å²) in [5.74, 6) is -0.413. The molecule has 2 N–H and O–H groups in total. The number of para-hydroxylation sites is 1. The molecular weight excluding hydrogens is 295 g/mol. The van der Waals surface area contributed by atoms with E-state index in [0.717, 1.165) is 20.8 Å². The molecule has 0 bridgehead atoms. The normalized spacial score (nSPS) is 12.8. The molecule has 1 atom stereocenters. The van der Waals surface area contributed by atoms with Gasteiger partial charge in [-0.2, -0.15) is 0 Å². The molecule has 0 amide bonds. The maximum absolute atomic E-state index is 13.1. The van der Waals surface area contributed by atoms with Gasteiger partial charge in [0, 0.05) is 0 Å². The maximum Gasteiger partial charge on any atom is 0.141 e. The van der Waals surface area contributed by atoms with Crippen LogP contribution in [0, 0.1) is 5.82 Å². The van der Waals surface area contributed by atoms with E-state index < -0.39 is 5.82 Å². The number of nitrogens with two attached hydrogens (primary N) is 1. The maximum atomic E-state index is 13.1. The molecule has 1 heterocycles. The van der Waals surface area contributed by atoms with Crippen molar-refractivity contribution in [3.8, 4) is 0 Å². The lowest BCUT2D eigenvalue weighted by atomic mass is 10.1. The van der Waals surface area contributed by atoms with E-state index in [4.69, 9.17) is 17.3 Å². The molecule has 0 saturated heterocycles. The summed E-state index contributed by atoms with van der Waals surface area (Å²) in [4.78, 5) is 4.54. The summed E-state index contributed by atoms with van der Waals surface area (Å²) in [5.41, 5.74) is 8.05. The first-order chi connectivity index (χ1) is 9.63. The minimum atomic E-state index is -0.413. The van der Waals surface area contributed by atoms with Gasteiger partial charge >= 0.3 is 0 Å². The quantitative estimate of drug-likeness (QED) is 0.782. The van der Waals surface area contributed by atoms with Crippen molar-refractivity contribution in [1.29, 1.82) is 0 Å². The van der Waals surface area contributed by atoms with E-state index in [1.807, 2.05) is 24.3 Å². The number of thiazole rings is 1. The van der Waals surface area contributed by atoms with Crippen molar-refractivity contribution < 1.29 is 4.39 Å². The highest BCUT2D eigenvalue weighted by Gasteiger charge is 2.13. The third-order valence-electron chi connectivity index (χ3n) is 3.07. The molecule has 0 aliphatic heterocycles. The smallest absolute Gasteiger partial charge is 0.141 e. The standard InChI is InChI=1S/C15H12ClFN2S/c16-10-7-9(5-6-11(10)17)8-12(18)15-19-13-3-1-2-4-14(13)20-15/h1-7,12H,8,18H2. The number of hydrogen-bond acceptors (Lipinski definition) is 3. The van der Waals surface area contributed by atoms with Gasteiger partial charge in [0.05, 0.1) is 21.3 Å². The second-order valence-electron chi connectivity index (χ2n) is 4.58. The minimum absolute atomic E-state index is 0.124. The average Bonchev–Trinajstić information content (AvgIpc) is 2.87. The first kappa shape index (κ1) is 13.5. The van der Waals surface area contributed by atoms with Crippen molar-refractivity contribution in [3.05, 3.63) is 63.9 Å². The SMILES string of the molecule is NC(Cc1ccc(F)c(Cl)c1)c1nc2ccccc2s1. The Hall–Kier alpha value is -1.49. The lowest BCUT2D eigenvalue weighted by molar-refractivity contribution is 0.626. The molecule has 0 aliphatic carbocycles. The number of fused-ring (bicyclic) bond motifs is 1. The van der Waals surface area contributed by atoms with Gasteiger partial charge in [0.1, 0.15) is 10.8 Å². The Kier molecular flexibility index (Phi) is 3.70. The van der Waals surface area contributed by atoms with Crippen molar-refractivity contribution in [2.75, 3.05) is 0 Å². The van der Waals surface area contributed by atoms with Crippen LogP contribution < -0.4 is 5.73 Å². The first-order valence-corrected chi connectivity index (χ1v) is 7.38. The summed E-state index contributed by atoms with van der Waals surface area (Å²) >= 11 is 7.37. The van der Waals surface area contributed by atoms with E-state index in [-0.39, 0.29) is 11.1 Å². The van der Waals surface area contributed by atoms with E-state index in [0.29, 0.717) is 6.42 Å². The van der Waals surface area contributed by atoms with Gasteiger partial charge in [-0.05, 0) is 36.2 Å². The molecule has 0 radical (unpaired) electrons. The van der Waals surface area contributed by atoms with Gasteiger partial charge in [0.25, 0.3) is 0 Å². The third-order valence-corrected chi connectivity index (χ3v) is 4.53. The van der Waals surface area contributed by atoms with E-state index in [2.05, 4.69) is 4.98 Å². The highest BCUT2D eigenvalue weighted by atomic mass is 35.5. The fourth-order valence-electron chi connectivity index (χ4n) is 2.06. The molecule has 2 nitrogen and oxygen atoms in total. The Labute approximate surface area is 125 Å². The predicted molar refractivity (Wildman–Crippen MR) is 81.7 cm³/mol. The van der Waals surface area contributed by atoms with Crippen LogP contribution in [-0.4, -0.2) is 4.98 Å². The van der Waals surface area contributed by atoms with Crippen LogP contribution in [0.2, 0.25) is 5.02 Å².